The highest BCUT2D eigenvalue weighted by atomic mass is 35.5. The Labute approximate surface area is 94.0 Å². The molecule has 0 aliphatic heterocycles. The summed E-state index contributed by atoms with van der Waals surface area (Å²) in [6, 6.07) is 2.35. The molecule has 0 spiro atoms. The van der Waals surface area contributed by atoms with Crippen molar-refractivity contribution >= 4 is 52.0 Å². The molecular formula is C7H3Cl2FOS2. The van der Waals surface area contributed by atoms with Crippen LogP contribution in [0.4, 0.5) is 9.18 Å². The summed E-state index contributed by atoms with van der Waals surface area (Å²) < 4.78 is 12.5. The van der Waals surface area contributed by atoms with E-state index in [-0.39, 0.29) is 14.9 Å². The maximum atomic E-state index is 13.0. The molecule has 0 unspecified atom stereocenters. The van der Waals surface area contributed by atoms with Gasteiger partial charge >= 0.3 is 0 Å². The third kappa shape index (κ3) is 3.06. The summed E-state index contributed by atoms with van der Waals surface area (Å²) >= 11 is 15.3. The number of hydrogen-bond acceptors (Lipinski definition) is 2. The van der Waals surface area contributed by atoms with Crippen LogP contribution in [0.3, 0.4) is 0 Å². The second-order valence-electron chi connectivity index (χ2n) is 2.06. The molecule has 0 saturated heterocycles. The van der Waals surface area contributed by atoms with Gasteiger partial charge in [0.15, 0.2) is 0 Å². The summed E-state index contributed by atoms with van der Waals surface area (Å²) in [5.74, 6) is -0.582. The lowest BCUT2D eigenvalue weighted by atomic mass is 10.3. The smallest absolute Gasteiger partial charge is 0.247 e. The normalized spacial score (nSPS) is 10.2. The number of carbonyl (C=O) groups excluding carboxylic acids is 1. The van der Waals surface area contributed by atoms with Crippen LogP contribution in [0.2, 0.25) is 10.0 Å². The van der Waals surface area contributed by atoms with Gasteiger partial charge < -0.3 is 0 Å². The minimum atomic E-state index is -0.582. The molecule has 0 amide bonds. The monoisotopic (exact) mass is 256 g/mol. The van der Waals surface area contributed by atoms with Crippen molar-refractivity contribution in [3.05, 3.63) is 28.0 Å². The highest BCUT2D eigenvalue weighted by molar-refractivity contribution is 8.32. The summed E-state index contributed by atoms with van der Waals surface area (Å²) in [5, 5.41) is 0.329. The van der Waals surface area contributed by atoms with Gasteiger partial charge in [-0.1, -0.05) is 35.8 Å². The molecule has 6 heteroatoms. The van der Waals surface area contributed by atoms with Crippen LogP contribution in [0.15, 0.2) is 17.0 Å². The number of halogens is 3. The van der Waals surface area contributed by atoms with Crippen molar-refractivity contribution in [1.82, 2.24) is 0 Å². The van der Waals surface area contributed by atoms with Crippen LogP contribution >= 0.6 is 47.6 Å². The average molecular weight is 257 g/mol. The van der Waals surface area contributed by atoms with Crippen LogP contribution in [0.5, 0.6) is 0 Å². The summed E-state index contributed by atoms with van der Waals surface area (Å²) in [5.41, 5.74) is 0. The molecule has 0 radical (unpaired) electrons. The predicted molar refractivity (Wildman–Crippen MR) is 56.7 cm³/mol. The molecule has 0 heterocycles. The van der Waals surface area contributed by atoms with E-state index < -0.39 is 10.3 Å². The number of carbonyl (C=O) groups is 1. The minimum Gasteiger partial charge on any atom is -0.274 e. The lowest BCUT2D eigenvalue weighted by Gasteiger charge is -2.01. The molecule has 0 fully saturated rings. The number of rotatable bonds is 1. The summed E-state index contributed by atoms with van der Waals surface area (Å²) in [6.45, 7) is 0. The highest BCUT2D eigenvalue weighted by Gasteiger charge is 2.09. The number of benzene rings is 1. The maximum absolute atomic E-state index is 13.0. The average Bonchev–Trinajstić information content (AvgIpc) is 1.99. The zero-order valence-corrected chi connectivity index (χ0v) is 9.28. The van der Waals surface area contributed by atoms with Crippen LogP contribution in [0, 0.1) is 5.82 Å². The highest BCUT2D eigenvalue weighted by Crippen LogP contribution is 2.31. The SMILES string of the molecule is O=C(S)Sc1cc(Cl)c(Cl)cc1F. The van der Waals surface area contributed by atoms with Crippen LogP contribution in [0.25, 0.3) is 0 Å². The van der Waals surface area contributed by atoms with Crippen LogP contribution in [-0.4, -0.2) is 4.45 Å². The van der Waals surface area contributed by atoms with Crippen molar-refractivity contribution in [3.8, 4) is 0 Å². The van der Waals surface area contributed by atoms with E-state index in [1.165, 1.54) is 6.07 Å². The quantitative estimate of drug-likeness (QED) is 0.459. The van der Waals surface area contributed by atoms with E-state index in [2.05, 4.69) is 12.6 Å². The molecule has 0 atom stereocenters. The van der Waals surface area contributed by atoms with Crippen LogP contribution in [0.1, 0.15) is 0 Å². The van der Waals surface area contributed by atoms with Gasteiger partial charge in [-0.05, 0) is 23.9 Å². The van der Waals surface area contributed by atoms with Crippen molar-refractivity contribution in [2.75, 3.05) is 0 Å². The Morgan fingerprint density at radius 2 is 1.92 bits per heavy atom. The predicted octanol–water partition coefficient (Wildman–Crippen LogP) is 4.27. The molecule has 1 rings (SSSR count). The zero-order chi connectivity index (χ0) is 10.0. The molecular weight excluding hydrogens is 254 g/mol. The van der Waals surface area contributed by atoms with Gasteiger partial charge in [0.1, 0.15) is 5.82 Å². The molecule has 0 aliphatic carbocycles. The largest absolute Gasteiger partial charge is 0.274 e. The lowest BCUT2D eigenvalue weighted by molar-refractivity contribution is 0.277. The zero-order valence-electron chi connectivity index (χ0n) is 6.05. The molecule has 1 aromatic rings. The second kappa shape index (κ2) is 4.55. The van der Waals surface area contributed by atoms with Crippen molar-refractivity contribution in [3.63, 3.8) is 0 Å². The fourth-order valence-corrected chi connectivity index (χ4v) is 1.87. The van der Waals surface area contributed by atoms with Gasteiger partial charge in [-0.15, -0.1) is 0 Å². The Bertz CT molecular complexity index is 357. The van der Waals surface area contributed by atoms with Crippen molar-refractivity contribution in [2.24, 2.45) is 0 Å². The fraction of sp³-hybridized carbons (Fsp3) is 0. The maximum Gasteiger partial charge on any atom is 0.247 e. The van der Waals surface area contributed by atoms with Crippen LogP contribution < -0.4 is 0 Å². The Morgan fingerprint density at radius 3 is 2.46 bits per heavy atom. The Kier molecular flexibility index (Phi) is 3.91. The van der Waals surface area contributed by atoms with E-state index in [0.717, 1.165) is 6.07 Å². The lowest BCUT2D eigenvalue weighted by Crippen LogP contribution is -1.84. The molecule has 1 nitrogen and oxygen atoms in total. The Hall–Kier alpha value is 0.1000. The van der Waals surface area contributed by atoms with E-state index >= 15 is 0 Å². The van der Waals surface area contributed by atoms with Gasteiger partial charge in [0.25, 0.3) is 0 Å². The number of thiol groups is 1. The summed E-state index contributed by atoms with van der Waals surface area (Å²) in [6.07, 6.45) is 0. The molecule has 70 valence electrons. The van der Waals surface area contributed by atoms with E-state index in [9.17, 15) is 9.18 Å². The van der Waals surface area contributed by atoms with E-state index in [1.54, 1.807) is 0 Å². The standard InChI is InChI=1S/C7H3Cl2FOS2/c8-3-1-5(10)6(2-4(3)9)13-7(11)12/h1-2H,(H,11,12). The van der Waals surface area contributed by atoms with Crippen molar-refractivity contribution in [1.29, 1.82) is 0 Å². The Balaban J connectivity index is 3.08. The third-order valence-electron chi connectivity index (χ3n) is 1.17. The van der Waals surface area contributed by atoms with Gasteiger partial charge in [-0.25, -0.2) is 4.39 Å². The topological polar surface area (TPSA) is 17.1 Å². The minimum absolute atomic E-state index is 0.120. The Morgan fingerprint density at radius 1 is 1.38 bits per heavy atom. The fourth-order valence-electron chi connectivity index (χ4n) is 0.677. The molecule has 0 bridgehead atoms. The first kappa shape index (κ1) is 11.2. The first-order valence-corrected chi connectivity index (χ1v) is 5.08. The van der Waals surface area contributed by atoms with Crippen molar-refractivity contribution in [2.45, 2.75) is 4.90 Å². The van der Waals surface area contributed by atoms with E-state index in [1.807, 2.05) is 0 Å². The van der Waals surface area contributed by atoms with Crippen molar-refractivity contribution < 1.29 is 9.18 Å². The molecule has 0 aromatic heterocycles. The molecule has 13 heavy (non-hydrogen) atoms. The van der Waals surface area contributed by atoms with Gasteiger partial charge in [0, 0.05) is 0 Å². The third-order valence-corrected chi connectivity index (χ3v) is 2.88. The van der Waals surface area contributed by atoms with Crippen LogP contribution in [-0.2, 0) is 0 Å². The molecule has 0 saturated carbocycles. The van der Waals surface area contributed by atoms with Gasteiger partial charge in [0.05, 0.1) is 14.9 Å². The summed E-state index contributed by atoms with van der Waals surface area (Å²) in [4.78, 5) is 10.7. The first-order valence-electron chi connectivity index (χ1n) is 3.06. The first-order chi connectivity index (χ1) is 6.00. The molecule has 0 N–H and O–H groups in total. The molecule has 0 aliphatic rings. The second-order valence-corrected chi connectivity index (χ2v) is 4.60. The number of thioether (sulfide) groups is 1. The van der Waals surface area contributed by atoms with E-state index in [4.69, 9.17) is 23.2 Å². The van der Waals surface area contributed by atoms with Gasteiger partial charge in [-0.2, -0.15) is 0 Å². The summed E-state index contributed by atoms with van der Waals surface area (Å²) in [7, 11) is 0. The molecule has 1 aromatic carbocycles. The number of hydrogen-bond donors (Lipinski definition) is 1. The van der Waals surface area contributed by atoms with Gasteiger partial charge in [0.2, 0.25) is 4.45 Å². The van der Waals surface area contributed by atoms with E-state index in [0.29, 0.717) is 11.8 Å². The van der Waals surface area contributed by atoms with Gasteiger partial charge in [-0.3, -0.25) is 4.79 Å².